The Morgan fingerprint density at radius 2 is 1.85 bits per heavy atom. The second-order valence-corrected chi connectivity index (χ2v) is 7.99. The summed E-state index contributed by atoms with van der Waals surface area (Å²) in [5.41, 5.74) is 0.784. The van der Waals surface area contributed by atoms with E-state index in [0.29, 0.717) is 16.4 Å². The topological polar surface area (TPSA) is 86.8 Å². The molecule has 1 aliphatic rings. The first kappa shape index (κ1) is 16.8. The summed E-state index contributed by atoms with van der Waals surface area (Å²) in [5.74, 6) is 2.05. The van der Waals surface area contributed by atoms with Gasteiger partial charge in [0.2, 0.25) is 0 Å². The molecule has 1 aliphatic carbocycles. The molecule has 4 rings (SSSR count). The highest BCUT2D eigenvalue weighted by Crippen LogP contribution is 2.31. The summed E-state index contributed by atoms with van der Waals surface area (Å²) in [6.07, 6.45) is 3.62. The summed E-state index contributed by atoms with van der Waals surface area (Å²) in [5, 5.41) is 6.76. The van der Waals surface area contributed by atoms with Gasteiger partial charge in [-0.3, -0.25) is 4.98 Å². The van der Waals surface area contributed by atoms with Crippen LogP contribution in [0.15, 0.2) is 64.0 Å². The van der Waals surface area contributed by atoms with Gasteiger partial charge in [-0.2, -0.15) is 0 Å². The molecule has 1 aromatic heterocycles. The van der Waals surface area contributed by atoms with Gasteiger partial charge in [0, 0.05) is 17.6 Å². The van der Waals surface area contributed by atoms with Crippen LogP contribution < -0.4 is 14.6 Å². The highest BCUT2D eigenvalue weighted by molar-refractivity contribution is 7.91. The van der Waals surface area contributed by atoms with Crippen molar-refractivity contribution in [3.8, 4) is 17.2 Å². The number of hydrogen-bond acceptors (Lipinski definition) is 5. The quantitative estimate of drug-likeness (QED) is 0.739. The van der Waals surface area contributed by atoms with Crippen LogP contribution in [-0.2, 0) is 9.92 Å². The van der Waals surface area contributed by atoms with E-state index >= 15 is 0 Å². The van der Waals surface area contributed by atoms with Crippen molar-refractivity contribution in [1.29, 1.82) is 0 Å². The van der Waals surface area contributed by atoms with Crippen LogP contribution in [0.1, 0.15) is 12.8 Å². The standard InChI is InChI=1S/C19H19N3O3S/c1-24-15-6-9-17-18(12-15)21-11-10-19(17)25-14-4-7-16(8-5-14)26(20,23)22-13-2-3-13/h4-13H,2-3H2,1H3,(H2,20,22,23). The van der Waals surface area contributed by atoms with E-state index in [1.54, 1.807) is 43.6 Å². The number of hydrogen-bond donors (Lipinski definition) is 1. The smallest absolute Gasteiger partial charge is 0.138 e. The van der Waals surface area contributed by atoms with E-state index in [0.717, 1.165) is 29.5 Å². The number of rotatable bonds is 5. The van der Waals surface area contributed by atoms with Gasteiger partial charge in [-0.1, -0.05) is 0 Å². The molecule has 0 radical (unpaired) electrons. The number of nitrogens with two attached hydrogens (primary N) is 1. The summed E-state index contributed by atoms with van der Waals surface area (Å²) in [4.78, 5) is 4.86. The maximum atomic E-state index is 12.5. The van der Waals surface area contributed by atoms with E-state index in [2.05, 4.69) is 9.35 Å². The molecule has 2 N–H and O–H groups in total. The molecule has 0 spiro atoms. The molecule has 2 aromatic carbocycles. The van der Waals surface area contributed by atoms with Crippen LogP contribution in [0.2, 0.25) is 0 Å². The first-order valence-corrected chi connectivity index (χ1v) is 9.88. The van der Waals surface area contributed by atoms with E-state index in [1.807, 2.05) is 18.2 Å². The molecule has 3 aromatic rings. The van der Waals surface area contributed by atoms with Crippen LogP contribution in [0, 0.1) is 0 Å². The lowest BCUT2D eigenvalue weighted by Crippen LogP contribution is -2.13. The van der Waals surface area contributed by atoms with Crippen LogP contribution in [0.4, 0.5) is 0 Å². The molecule has 0 amide bonds. The zero-order valence-corrected chi connectivity index (χ0v) is 15.1. The Bertz CT molecular complexity index is 1070. The average Bonchev–Trinajstić information content (AvgIpc) is 3.45. The van der Waals surface area contributed by atoms with Crippen molar-refractivity contribution in [2.75, 3.05) is 7.11 Å². The monoisotopic (exact) mass is 369 g/mol. The third-order valence-electron chi connectivity index (χ3n) is 4.15. The zero-order chi connectivity index (χ0) is 18.1. The van der Waals surface area contributed by atoms with Gasteiger partial charge in [0.15, 0.2) is 0 Å². The lowest BCUT2D eigenvalue weighted by atomic mass is 10.2. The minimum Gasteiger partial charge on any atom is -0.497 e. The number of fused-ring (bicyclic) bond motifs is 1. The molecule has 134 valence electrons. The van der Waals surface area contributed by atoms with Gasteiger partial charge < -0.3 is 9.47 Å². The summed E-state index contributed by atoms with van der Waals surface area (Å²) >= 11 is 0. The Hall–Kier alpha value is -2.64. The van der Waals surface area contributed by atoms with Gasteiger partial charge in [-0.15, -0.1) is 0 Å². The summed E-state index contributed by atoms with van der Waals surface area (Å²) < 4.78 is 27.9. The van der Waals surface area contributed by atoms with E-state index in [1.165, 1.54) is 0 Å². The zero-order valence-electron chi connectivity index (χ0n) is 14.3. The Morgan fingerprint density at radius 1 is 1.12 bits per heavy atom. The van der Waals surface area contributed by atoms with Crippen molar-refractivity contribution < 1.29 is 13.7 Å². The minimum absolute atomic E-state index is 0.142. The fourth-order valence-electron chi connectivity index (χ4n) is 2.61. The van der Waals surface area contributed by atoms with Crippen molar-refractivity contribution in [2.45, 2.75) is 23.8 Å². The van der Waals surface area contributed by atoms with E-state index in [4.69, 9.17) is 14.6 Å². The number of aromatic nitrogens is 1. The molecule has 0 bridgehead atoms. The summed E-state index contributed by atoms with van der Waals surface area (Å²) in [6, 6.07) is 14.5. The van der Waals surface area contributed by atoms with E-state index < -0.39 is 9.92 Å². The Kier molecular flexibility index (Phi) is 4.26. The normalized spacial score (nSPS) is 16.1. The van der Waals surface area contributed by atoms with Gasteiger partial charge in [-0.25, -0.2) is 13.7 Å². The molecule has 0 aliphatic heterocycles. The second-order valence-electron chi connectivity index (χ2n) is 6.17. The highest BCUT2D eigenvalue weighted by Gasteiger charge is 2.23. The predicted octanol–water partition coefficient (Wildman–Crippen LogP) is 3.90. The number of pyridine rings is 1. The van der Waals surface area contributed by atoms with Crippen molar-refractivity contribution >= 4 is 20.8 Å². The van der Waals surface area contributed by atoms with Crippen LogP contribution in [0.25, 0.3) is 10.9 Å². The fraction of sp³-hybridized carbons (Fsp3) is 0.211. The van der Waals surface area contributed by atoms with Gasteiger partial charge in [-0.05, 0) is 55.3 Å². The van der Waals surface area contributed by atoms with Gasteiger partial charge in [0.25, 0.3) is 0 Å². The number of methoxy groups -OCH3 is 1. The first-order valence-electron chi connectivity index (χ1n) is 8.30. The SMILES string of the molecule is COc1ccc2c(Oc3ccc(S(N)(=O)=NC4CC4)cc3)ccnc2c1. The number of ether oxygens (including phenoxy) is 2. The fourth-order valence-corrected chi connectivity index (χ4v) is 3.91. The molecule has 1 heterocycles. The van der Waals surface area contributed by atoms with Gasteiger partial charge in [0.05, 0.1) is 23.6 Å². The number of benzene rings is 2. The van der Waals surface area contributed by atoms with Crippen LogP contribution in [0.5, 0.6) is 17.2 Å². The molecule has 1 atom stereocenters. The minimum atomic E-state index is -2.83. The molecular weight excluding hydrogens is 350 g/mol. The molecule has 1 fully saturated rings. The second kappa shape index (κ2) is 6.59. The third-order valence-corrected chi connectivity index (χ3v) is 5.71. The van der Waals surface area contributed by atoms with Gasteiger partial charge in [0.1, 0.15) is 27.2 Å². The van der Waals surface area contributed by atoms with Crippen molar-refractivity contribution in [2.24, 2.45) is 9.50 Å². The maximum Gasteiger partial charge on any atom is 0.138 e. The molecule has 1 unspecified atom stereocenters. The van der Waals surface area contributed by atoms with Crippen molar-refractivity contribution in [3.05, 3.63) is 54.7 Å². The predicted molar refractivity (Wildman–Crippen MR) is 101 cm³/mol. The van der Waals surface area contributed by atoms with Crippen molar-refractivity contribution in [1.82, 2.24) is 4.98 Å². The number of nitrogens with zero attached hydrogens (tertiary/aromatic N) is 2. The maximum absolute atomic E-state index is 12.5. The van der Waals surface area contributed by atoms with E-state index in [9.17, 15) is 4.21 Å². The Labute approximate surface area is 152 Å². The molecular formula is C19H19N3O3S. The van der Waals surface area contributed by atoms with Crippen molar-refractivity contribution in [3.63, 3.8) is 0 Å². The summed E-state index contributed by atoms with van der Waals surface area (Å²) in [7, 11) is -1.21. The van der Waals surface area contributed by atoms with Crippen LogP contribution in [0.3, 0.4) is 0 Å². The molecule has 0 saturated heterocycles. The first-order chi connectivity index (χ1) is 12.5. The van der Waals surface area contributed by atoms with Gasteiger partial charge >= 0.3 is 0 Å². The molecule has 1 saturated carbocycles. The Balaban J connectivity index is 1.62. The summed E-state index contributed by atoms with van der Waals surface area (Å²) in [6.45, 7) is 0. The molecule has 7 heteroatoms. The van der Waals surface area contributed by atoms with Crippen LogP contribution >= 0.6 is 0 Å². The lowest BCUT2D eigenvalue weighted by Gasteiger charge is -2.10. The third kappa shape index (κ3) is 3.49. The van der Waals surface area contributed by atoms with Crippen LogP contribution in [-0.4, -0.2) is 22.3 Å². The molecule has 26 heavy (non-hydrogen) atoms. The largest absolute Gasteiger partial charge is 0.497 e. The highest BCUT2D eigenvalue weighted by atomic mass is 32.2. The lowest BCUT2D eigenvalue weighted by molar-refractivity contribution is 0.415. The average molecular weight is 369 g/mol. The molecule has 6 nitrogen and oxygen atoms in total. The van der Waals surface area contributed by atoms with E-state index in [-0.39, 0.29) is 6.04 Å². The Morgan fingerprint density at radius 3 is 2.54 bits per heavy atom.